The molecule has 1 heterocycles. The highest BCUT2D eigenvalue weighted by molar-refractivity contribution is 7.80. The third kappa shape index (κ3) is 4.55. The lowest BCUT2D eigenvalue weighted by molar-refractivity contribution is -0.140. The molecule has 5 heteroatoms. The summed E-state index contributed by atoms with van der Waals surface area (Å²) >= 11 is 5.30. The molecular weight excluding hydrogens is 356 g/mol. The number of carbonyl (C=O) groups excluding carboxylic acids is 1. The summed E-state index contributed by atoms with van der Waals surface area (Å²) in [6.45, 7) is 6.40. The third-order valence-electron chi connectivity index (χ3n) is 4.64. The Morgan fingerprint density at radius 1 is 1.11 bits per heavy atom. The second kappa shape index (κ2) is 8.35. The van der Waals surface area contributed by atoms with E-state index < -0.39 is 0 Å². The molecule has 27 heavy (non-hydrogen) atoms. The summed E-state index contributed by atoms with van der Waals surface area (Å²) in [6.07, 6.45) is 0. The number of thiocarbonyl (C=S) groups is 1. The molecule has 4 nitrogen and oxygen atoms in total. The zero-order valence-corrected chi connectivity index (χ0v) is 16.6. The van der Waals surface area contributed by atoms with Gasteiger partial charge in [0.15, 0.2) is 5.11 Å². The molecule has 0 aliphatic carbocycles. The smallest absolute Gasteiger partial charge is 0.338 e. The van der Waals surface area contributed by atoms with Crippen LogP contribution in [-0.2, 0) is 16.1 Å². The Bertz CT molecular complexity index is 858. The third-order valence-corrected chi connectivity index (χ3v) is 4.86. The van der Waals surface area contributed by atoms with Gasteiger partial charge in [0.1, 0.15) is 6.61 Å². The van der Waals surface area contributed by atoms with Gasteiger partial charge in [0.2, 0.25) is 0 Å². The van der Waals surface area contributed by atoms with Crippen molar-refractivity contribution in [3.8, 4) is 0 Å². The van der Waals surface area contributed by atoms with E-state index in [1.165, 1.54) is 5.56 Å². The quantitative estimate of drug-likeness (QED) is 0.597. The summed E-state index contributed by atoms with van der Waals surface area (Å²) in [7, 11) is 0. The molecule has 2 N–H and O–H groups in total. The van der Waals surface area contributed by atoms with Crippen molar-refractivity contribution in [1.29, 1.82) is 0 Å². The summed E-state index contributed by atoms with van der Waals surface area (Å²) in [5.41, 5.74) is 4.46. The molecule has 0 fully saturated rings. The zero-order chi connectivity index (χ0) is 19.4. The Labute approximate surface area is 165 Å². The number of hydrogen-bond donors (Lipinski definition) is 2. The van der Waals surface area contributed by atoms with Crippen LogP contribution in [0.4, 0.5) is 0 Å². The minimum absolute atomic E-state index is 0.236. The molecule has 1 atom stereocenters. The van der Waals surface area contributed by atoms with E-state index >= 15 is 0 Å². The van der Waals surface area contributed by atoms with Crippen molar-refractivity contribution in [2.75, 3.05) is 0 Å². The fraction of sp³-hybridized carbons (Fsp3) is 0.273. The molecule has 0 saturated heterocycles. The van der Waals surface area contributed by atoms with Crippen molar-refractivity contribution in [2.24, 2.45) is 0 Å². The molecule has 0 aromatic heterocycles. The molecule has 2 aromatic carbocycles. The molecule has 0 unspecified atom stereocenters. The number of benzene rings is 2. The Balaban J connectivity index is 1.84. The number of ether oxygens (including phenoxy) is 1. The standard InChI is InChI=1S/C22H24N2O2S/c1-14(2)17-9-11-18(12-10-17)20-19(15(3)23-22(27)24-20)21(25)26-13-16-7-5-4-6-8-16/h4-12,14,20H,13H2,1-3H3,(H2,23,24,27)/t20-/m0/s1. The number of esters is 1. The lowest BCUT2D eigenvalue weighted by Gasteiger charge is -2.30. The predicted octanol–water partition coefficient (Wildman–Crippen LogP) is 4.35. The SMILES string of the molecule is CC1=C(C(=O)OCc2ccccc2)[C@H](c2ccc(C(C)C)cc2)NC(=S)N1. The molecule has 1 aliphatic heterocycles. The van der Waals surface area contributed by atoms with Crippen LogP contribution in [0.15, 0.2) is 65.9 Å². The first-order chi connectivity index (χ1) is 13.0. The maximum absolute atomic E-state index is 12.8. The van der Waals surface area contributed by atoms with Crippen LogP contribution in [0.5, 0.6) is 0 Å². The summed E-state index contributed by atoms with van der Waals surface area (Å²) < 4.78 is 5.57. The van der Waals surface area contributed by atoms with Crippen LogP contribution < -0.4 is 10.6 Å². The van der Waals surface area contributed by atoms with Gasteiger partial charge < -0.3 is 15.4 Å². The van der Waals surface area contributed by atoms with Crippen molar-refractivity contribution < 1.29 is 9.53 Å². The molecule has 0 bridgehead atoms. The minimum atomic E-state index is -0.350. The predicted molar refractivity (Wildman–Crippen MR) is 111 cm³/mol. The van der Waals surface area contributed by atoms with E-state index in [4.69, 9.17) is 17.0 Å². The number of carbonyl (C=O) groups is 1. The fourth-order valence-electron chi connectivity index (χ4n) is 3.09. The van der Waals surface area contributed by atoms with Gasteiger partial charge in [-0.2, -0.15) is 0 Å². The van der Waals surface area contributed by atoms with Crippen LogP contribution in [0.2, 0.25) is 0 Å². The zero-order valence-electron chi connectivity index (χ0n) is 15.8. The van der Waals surface area contributed by atoms with Crippen LogP contribution in [-0.4, -0.2) is 11.1 Å². The second-order valence-electron chi connectivity index (χ2n) is 6.95. The Morgan fingerprint density at radius 2 is 1.78 bits per heavy atom. The normalized spacial score (nSPS) is 16.7. The van der Waals surface area contributed by atoms with Crippen LogP contribution >= 0.6 is 12.2 Å². The molecule has 0 radical (unpaired) electrons. The molecule has 2 aromatic rings. The topological polar surface area (TPSA) is 50.4 Å². The number of nitrogens with one attached hydrogen (secondary N) is 2. The van der Waals surface area contributed by atoms with E-state index in [0.717, 1.165) is 16.8 Å². The van der Waals surface area contributed by atoms with Crippen LogP contribution in [0.1, 0.15) is 49.4 Å². The highest BCUT2D eigenvalue weighted by Crippen LogP contribution is 2.29. The van der Waals surface area contributed by atoms with Gasteiger partial charge in [0.25, 0.3) is 0 Å². The molecule has 0 spiro atoms. The van der Waals surface area contributed by atoms with Crippen LogP contribution in [0.3, 0.4) is 0 Å². The van der Waals surface area contributed by atoms with E-state index in [1.54, 1.807) is 0 Å². The fourth-order valence-corrected chi connectivity index (χ4v) is 3.36. The minimum Gasteiger partial charge on any atom is -0.457 e. The molecule has 0 saturated carbocycles. The highest BCUT2D eigenvalue weighted by Gasteiger charge is 2.31. The Hall–Kier alpha value is -2.66. The molecule has 140 valence electrons. The summed E-state index contributed by atoms with van der Waals surface area (Å²) in [4.78, 5) is 12.8. The first-order valence-electron chi connectivity index (χ1n) is 9.05. The van der Waals surface area contributed by atoms with Gasteiger partial charge in [0, 0.05) is 5.70 Å². The van der Waals surface area contributed by atoms with Crippen molar-refractivity contribution in [3.63, 3.8) is 0 Å². The van der Waals surface area contributed by atoms with E-state index in [-0.39, 0.29) is 18.6 Å². The molecule has 1 aliphatic rings. The van der Waals surface area contributed by atoms with Crippen molar-refractivity contribution >= 4 is 23.3 Å². The van der Waals surface area contributed by atoms with Gasteiger partial charge in [-0.15, -0.1) is 0 Å². The number of allylic oxidation sites excluding steroid dienone is 1. The largest absolute Gasteiger partial charge is 0.457 e. The van der Waals surface area contributed by atoms with E-state index in [0.29, 0.717) is 16.6 Å². The van der Waals surface area contributed by atoms with Gasteiger partial charge in [-0.3, -0.25) is 0 Å². The maximum atomic E-state index is 12.8. The summed E-state index contributed by atoms with van der Waals surface area (Å²) in [5, 5.41) is 6.74. The average molecular weight is 381 g/mol. The van der Waals surface area contributed by atoms with Crippen LogP contribution in [0.25, 0.3) is 0 Å². The average Bonchev–Trinajstić information content (AvgIpc) is 2.66. The first kappa shape index (κ1) is 19.1. The van der Waals surface area contributed by atoms with E-state index in [2.05, 4.69) is 36.6 Å². The van der Waals surface area contributed by atoms with Crippen molar-refractivity contribution in [2.45, 2.75) is 39.3 Å². The van der Waals surface area contributed by atoms with Gasteiger partial charge >= 0.3 is 5.97 Å². The van der Waals surface area contributed by atoms with Crippen molar-refractivity contribution in [3.05, 3.63) is 82.6 Å². The van der Waals surface area contributed by atoms with Gasteiger partial charge in [0.05, 0.1) is 11.6 Å². The monoisotopic (exact) mass is 380 g/mol. The van der Waals surface area contributed by atoms with Gasteiger partial charge in [-0.25, -0.2) is 4.79 Å². The maximum Gasteiger partial charge on any atom is 0.338 e. The Morgan fingerprint density at radius 3 is 2.41 bits per heavy atom. The van der Waals surface area contributed by atoms with Crippen molar-refractivity contribution in [1.82, 2.24) is 10.6 Å². The summed E-state index contributed by atoms with van der Waals surface area (Å²) in [5.74, 6) is 0.102. The Kier molecular flexibility index (Phi) is 5.91. The first-order valence-corrected chi connectivity index (χ1v) is 9.45. The lowest BCUT2D eigenvalue weighted by atomic mass is 9.93. The van der Waals surface area contributed by atoms with E-state index in [1.807, 2.05) is 49.4 Å². The van der Waals surface area contributed by atoms with Gasteiger partial charge in [-0.05, 0) is 41.7 Å². The van der Waals surface area contributed by atoms with Crippen LogP contribution in [0, 0.1) is 0 Å². The lowest BCUT2D eigenvalue weighted by Crippen LogP contribution is -2.45. The highest BCUT2D eigenvalue weighted by atomic mass is 32.1. The molecule has 0 amide bonds. The molecule has 3 rings (SSSR count). The van der Waals surface area contributed by atoms with Gasteiger partial charge in [-0.1, -0.05) is 68.4 Å². The number of hydrogen-bond acceptors (Lipinski definition) is 3. The second-order valence-corrected chi connectivity index (χ2v) is 7.36. The number of rotatable bonds is 5. The van der Waals surface area contributed by atoms with E-state index in [9.17, 15) is 4.79 Å². The summed E-state index contributed by atoms with van der Waals surface area (Å²) in [6, 6.07) is 17.6. The molecular formula is C22H24N2O2S.